The lowest BCUT2D eigenvalue weighted by molar-refractivity contribution is 0.313. The highest BCUT2D eigenvalue weighted by Gasteiger charge is 2.19. The molecular formula is C10H21Cl. The van der Waals surface area contributed by atoms with E-state index < -0.39 is 0 Å². The van der Waals surface area contributed by atoms with Gasteiger partial charge in [0.25, 0.3) is 0 Å². The number of alkyl halides is 1. The van der Waals surface area contributed by atoms with Crippen molar-refractivity contribution in [2.75, 3.05) is 0 Å². The molecule has 68 valence electrons. The van der Waals surface area contributed by atoms with E-state index in [1.807, 2.05) is 0 Å². The van der Waals surface area contributed by atoms with Crippen LogP contribution in [0.25, 0.3) is 0 Å². The second-order valence-corrected chi connectivity index (χ2v) is 4.90. The molecule has 0 amide bonds. The Balaban J connectivity index is 3.90. The largest absolute Gasteiger partial charge is 0.123 e. The highest BCUT2D eigenvalue weighted by Crippen LogP contribution is 2.26. The Morgan fingerprint density at radius 2 is 1.45 bits per heavy atom. The smallest absolute Gasteiger partial charge is 0.0338 e. The summed E-state index contributed by atoms with van der Waals surface area (Å²) in [6.07, 6.45) is 1.25. The molecule has 0 saturated heterocycles. The van der Waals surface area contributed by atoms with Crippen LogP contribution < -0.4 is 0 Å². The number of rotatable bonds is 4. The molecule has 2 atom stereocenters. The zero-order valence-electron chi connectivity index (χ0n) is 8.39. The van der Waals surface area contributed by atoms with E-state index in [0.29, 0.717) is 17.2 Å². The summed E-state index contributed by atoms with van der Waals surface area (Å²) in [4.78, 5) is 0. The first-order valence-electron chi connectivity index (χ1n) is 4.59. The maximum absolute atomic E-state index is 6.08. The van der Waals surface area contributed by atoms with Crippen molar-refractivity contribution < 1.29 is 0 Å². The average Bonchev–Trinajstić information content (AvgIpc) is 1.81. The molecule has 2 unspecified atom stereocenters. The SMILES string of the molecule is CC(C)CC(C(C)C)C(C)Cl. The van der Waals surface area contributed by atoms with E-state index in [-0.39, 0.29) is 0 Å². The van der Waals surface area contributed by atoms with Gasteiger partial charge in [-0.05, 0) is 31.1 Å². The van der Waals surface area contributed by atoms with Gasteiger partial charge in [-0.2, -0.15) is 0 Å². The summed E-state index contributed by atoms with van der Waals surface area (Å²) in [5.41, 5.74) is 0. The van der Waals surface area contributed by atoms with Gasteiger partial charge in [0.15, 0.2) is 0 Å². The first-order chi connectivity index (χ1) is 4.95. The van der Waals surface area contributed by atoms with Crippen LogP contribution in [0.3, 0.4) is 0 Å². The lowest BCUT2D eigenvalue weighted by Gasteiger charge is -2.24. The van der Waals surface area contributed by atoms with Gasteiger partial charge in [-0.3, -0.25) is 0 Å². The minimum Gasteiger partial charge on any atom is -0.123 e. The monoisotopic (exact) mass is 176 g/mol. The van der Waals surface area contributed by atoms with Crippen molar-refractivity contribution in [1.82, 2.24) is 0 Å². The quantitative estimate of drug-likeness (QED) is 0.570. The van der Waals surface area contributed by atoms with Crippen LogP contribution in [0.4, 0.5) is 0 Å². The normalized spacial score (nSPS) is 17.5. The van der Waals surface area contributed by atoms with Crippen LogP contribution in [-0.2, 0) is 0 Å². The third-order valence-electron chi connectivity index (χ3n) is 2.19. The highest BCUT2D eigenvalue weighted by molar-refractivity contribution is 6.20. The van der Waals surface area contributed by atoms with Gasteiger partial charge in [0, 0.05) is 5.38 Å². The maximum Gasteiger partial charge on any atom is 0.0338 e. The molecule has 0 fully saturated rings. The molecule has 11 heavy (non-hydrogen) atoms. The van der Waals surface area contributed by atoms with Gasteiger partial charge in [-0.25, -0.2) is 0 Å². The van der Waals surface area contributed by atoms with Crippen LogP contribution >= 0.6 is 11.6 Å². The molecule has 0 nitrogen and oxygen atoms in total. The van der Waals surface area contributed by atoms with Crippen LogP contribution in [0.2, 0.25) is 0 Å². The van der Waals surface area contributed by atoms with Crippen LogP contribution in [0.15, 0.2) is 0 Å². The molecule has 0 rings (SSSR count). The van der Waals surface area contributed by atoms with Gasteiger partial charge in [-0.1, -0.05) is 27.7 Å². The fourth-order valence-electron chi connectivity index (χ4n) is 1.53. The first kappa shape index (κ1) is 11.3. The molecule has 0 aromatic rings. The van der Waals surface area contributed by atoms with E-state index in [9.17, 15) is 0 Å². The topological polar surface area (TPSA) is 0 Å². The summed E-state index contributed by atoms with van der Waals surface area (Å²) in [7, 11) is 0. The van der Waals surface area contributed by atoms with Crippen molar-refractivity contribution in [3.05, 3.63) is 0 Å². The molecule has 0 aromatic carbocycles. The van der Waals surface area contributed by atoms with Crippen molar-refractivity contribution in [2.45, 2.75) is 46.4 Å². The van der Waals surface area contributed by atoms with Gasteiger partial charge in [-0.15, -0.1) is 11.6 Å². The molecular weight excluding hydrogens is 156 g/mol. The molecule has 0 bridgehead atoms. The highest BCUT2D eigenvalue weighted by atomic mass is 35.5. The van der Waals surface area contributed by atoms with Crippen molar-refractivity contribution in [3.63, 3.8) is 0 Å². The van der Waals surface area contributed by atoms with E-state index >= 15 is 0 Å². The Morgan fingerprint density at radius 3 is 1.55 bits per heavy atom. The minimum absolute atomic E-state index is 0.317. The summed E-state index contributed by atoms with van der Waals surface area (Å²) < 4.78 is 0. The minimum atomic E-state index is 0.317. The summed E-state index contributed by atoms with van der Waals surface area (Å²) in [6.45, 7) is 11.1. The molecule has 0 saturated carbocycles. The van der Waals surface area contributed by atoms with Gasteiger partial charge in [0.05, 0.1) is 0 Å². The van der Waals surface area contributed by atoms with Crippen LogP contribution in [-0.4, -0.2) is 5.38 Å². The van der Waals surface area contributed by atoms with E-state index in [1.54, 1.807) is 0 Å². The van der Waals surface area contributed by atoms with E-state index in [0.717, 1.165) is 5.92 Å². The molecule has 0 aliphatic rings. The molecule has 0 N–H and O–H groups in total. The van der Waals surface area contributed by atoms with Gasteiger partial charge < -0.3 is 0 Å². The Labute approximate surface area is 76.3 Å². The standard InChI is InChI=1S/C10H21Cl/c1-7(2)6-10(8(3)4)9(5)11/h7-10H,6H2,1-5H3. The lowest BCUT2D eigenvalue weighted by atomic mass is 9.85. The molecule has 1 heteroatoms. The van der Waals surface area contributed by atoms with Crippen molar-refractivity contribution in [3.8, 4) is 0 Å². The number of hydrogen-bond acceptors (Lipinski definition) is 0. The molecule has 0 aliphatic heterocycles. The zero-order chi connectivity index (χ0) is 9.02. The second kappa shape index (κ2) is 5.03. The number of halogens is 1. The Hall–Kier alpha value is 0.290. The summed E-state index contributed by atoms with van der Waals surface area (Å²) in [5, 5.41) is 0.317. The lowest BCUT2D eigenvalue weighted by Crippen LogP contribution is -2.19. The van der Waals surface area contributed by atoms with Gasteiger partial charge in [0.2, 0.25) is 0 Å². The fraction of sp³-hybridized carbons (Fsp3) is 1.00. The third-order valence-corrected chi connectivity index (χ3v) is 2.51. The maximum atomic E-state index is 6.08. The molecule has 0 radical (unpaired) electrons. The molecule has 0 aromatic heterocycles. The van der Waals surface area contributed by atoms with E-state index in [1.165, 1.54) is 6.42 Å². The van der Waals surface area contributed by atoms with Crippen molar-refractivity contribution in [2.24, 2.45) is 17.8 Å². The van der Waals surface area contributed by atoms with Crippen LogP contribution in [0.5, 0.6) is 0 Å². The third kappa shape index (κ3) is 4.68. The molecule has 0 heterocycles. The van der Waals surface area contributed by atoms with Crippen LogP contribution in [0, 0.1) is 17.8 Å². The van der Waals surface area contributed by atoms with E-state index in [4.69, 9.17) is 11.6 Å². The first-order valence-corrected chi connectivity index (χ1v) is 5.02. The van der Waals surface area contributed by atoms with Crippen molar-refractivity contribution >= 4 is 11.6 Å². The summed E-state index contributed by atoms with van der Waals surface area (Å²) in [5.74, 6) is 2.16. The summed E-state index contributed by atoms with van der Waals surface area (Å²) in [6, 6.07) is 0. The van der Waals surface area contributed by atoms with Crippen molar-refractivity contribution in [1.29, 1.82) is 0 Å². The predicted molar refractivity (Wildman–Crippen MR) is 53.1 cm³/mol. The fourth-order valence-corrected chi connectivity index (χ4v) is 1.93. The Bertz CT molecular complexity index is 87.0. The zero-order valence-corrected chi connectivity index (χ0v) is 9.15. The summed E-state index contributed by atoms with van der Waals surface area (Å²) >= 11 is 6.08. The molecule has 0 aliphatic carbocycles. The van der Waals surface area contributed by atoms with Crippen LogP contribution in [0.1, 0.15) is 41.0 Å². The Kier molecular flexibility index (Phi) is 5.16. The van der Waals surface area contributed by atoms with E-state index in [2.05, 4.69) is 34.6 Å². The second-order valence-electron chi connectivity index (χ2n) is 4.21. The van der Waals surface area contributed by atoms with Gasteiger partial charge in [0.1, 0.15) is 0 Å². The average molecular weight is 177 g/mol. The van der Waals surface area contributed by atoms with Gasteiger partial charge >= 0.3 is 0 Å². The Morgan fingerprint density at radius 1 is 1.00 bits per heavy atom. The number of hydrogen-bond donors (Lipinski definition) is 0. The molecule has 0 spiro atoms. The predicted octanol–water partition coefficient (Wildman–Crippen LogP) is 3.93.